The van der Waals surface area contributed by atoms with Crippen LogP contribution in [-0.2, 0) is 4.74 Å². The van der Waals surface area contributed by atoms with Gasteiger partial charge in [-0.25, -0.2) is 4.79 Å². The van der Waals surface area contributed by atoms with Crippen LogP contribution in [0.25, 0.3) is 0 Å². The third-order valence-electron chi connectivity index (χ3n) is 3.70. The standard InChI is InChI=1S/C16H22Cl2N2O2/c1-16(2,3)22-15(21)20-7-6-10(9-20)14(19)12-8-11(17)4-5-13(12)18/h4-5,8,10,14H,6-7,9,19H2,1-3H3. The number of benzene rings is 1. The van der Waals surface area contributed by atoms with E-state index < -0.39 is 5.60 Å². The van der Waals surface area contributed by atoms with Crippen molar-refractivity contribution in [3.8, 4) is 0 Å². The third kappa shape index (κ3) is 4.28. The Morgan fingerprint density at radius 3 is 2.73 bits per heavy atom. The molecule has 1 aromatic rings. The average Bonchev–Trinajstić information content (AvgIpc) is 2.88. The van der Waals surface area contributed by atoms with Crippen molar-refractivity contribution in [2.24, 2.45) is 11.7 Å². The second kappa shape index (κ2) is 6.65. The number of nitrogens with zero attached hydrogens (tertiary/aromatic N) is 1. The number of carbonyl (C=O) groups excluding carboxylic acids is 1. The zero-order chi connectivity index (χ0) is 16.5. The minimum atomic E-state index is -0.493. The smallest absolute Gasteiger partial charge is 0.410 e. The van der Waals surface area contributed by atoms with Crippen LogP contribution in [-0.4, -0.2) is 29.7 Å². The van der Waals surface area contributed by atoms with Crippen molar-refractivity contribution in [1.82, 2.24) is 4.90 Å². The van der Waals surface area contributed by atoms with Crippen LogP contribution in [0.5, 0.6) is 0 Å². The van der Waals surface area contributed by atoms with E-state index in [2.05, 4.69) is 0 Å². The summed E-state index contributed by atoms with van der Waals surface area (Å²) in [4.78, 5) is 13.8. The van der Waals surface area contributed by atoms with E-state index in [0.29, 0.717) is 23.1 Å². The van der Waals surface area contributed by atoms with Crippen molar-refractivity contribution >= 4 is 29.3 Å². The summed E-state index contributed by atoms with van der Waals surface area (Å²) in [5, 5.41) is 1.21. The first-order chi connectivity index (χ1) is 10.2. The molecule has 0 bridgehead atoms. The molecule has 0 saturated carbocycles. The summed E-state index contributed by atoms with van der Waals surface area (Å²) in [5.74, 6) is 0.142. The van der Waals surface area contributed by atoms with Gasteiger partial charge in [0.2, 0.25) is 0 Å². The largest absolute Gasteiger partial charge is 0.444 e. The number of halogens is 2. The molecule has 0 aromatic heterocycles. The third-order valence-corrected chi connectivity index (χ3v) is 4.28. The van der Waals surface area contributed by atoms with Crippen LogP contribution in [0.15, 0.2) is 18.2 Å². The van der Waals surface area contributed by atoms with E-state index in [1.807, 2.05) is 20.8 Å². The van der Waals surface area contributed by atoms with Gasteiger partial charge in [0.25, 0.3) is 0 Å². The maximum absolute atomic E-state index is 12.1. The number of hydrogen-bond donors (Lipinski definition) is 1. The van der Waals surface area contributed by atoms with Crippen molar-refractivity contribution in [2.75, 3.05) is 13.1 Å². The summed E-state index contributed by atoms with van der Waals surface area (Å²) in [6.45, 7) is 6.78. The summed E-state index contributed by atoms with van der Waals surface area (Å²) in [5.41, 5.74) is 6.67. The number of ether oxygens (including phenoxy) is 1. The lowest BCUT2D eigenvalue weighted by Gasteiger charge is -2.25. The summed E-state index contributed by atoms with van der Waals surface area (Å²) in [6.07, 6.45) is 0.530. The number of hydrogen-bond acceptors (Lipinski definition) is 3. The van der Waals surface area contributed by atoms with Gasteiger partial charge in [-0.15, -0.1) is 0 Å². The fourth-order valence-electron chi connectivity index (χ4n) is 2.60. The summed E-state index contributed by atoms with van der Waals surface area (Å²) in [6, 6.07) is 5.03. The Balaban J connectivity index is 2.03. The minimum absolute atomic E-state index is 0.142. The molecule has 1 aromatic carbocycles. The van der Waals surface area contributed by atoms with Crippen molar-refractivity contribution in [2.45, 2.75) is 38.8 Å². The van der Waals surface area contributed by atoms with Crippen molar-refractivity contribution < 1.29 is 9.53 Å². The normalized spacial score (nSPS) is 20.1. The predicted molar refractivity (Wildman–Crippen MR) is 89.3 cm³/mol. The number of nitrogens with two attached hydrogens (primary N) is 1. The quantitative estimate of drug-likeness (QED) is 0.872. The molecule has 2 N–H and O–H groups in total. The zero-order valence-corrected chi connectivity index (χ0v) is 14.6. The Hall–Kier alpha value is -0.970. The molecule has 0 spiro atoms. The van der Waals surface area contributed by atoms with Gasteiger partial charge in [0, 0.05) is 29.2 Å². The first-order valence-corrected chi connectivity index (χ1v) is 8.11. The molecule has 0 aliphatic carbocycles. The topological polar surface area (TPSA) is 55.6 Å². The highest BCUT2D eigenvalue weighted by atomic mass is 35.5. The molecule has 1 heterocycles. The van der Waals surface area contributed by atoms with Crippen molar-refractivity contribution in [3.05, 3.63) is 33.8 Å². The summed E-state index contributed by atoms with van der Waals surface area (Å²) in [7, 11) is 0. The first kappa shape index (κ1) is 17.4. The molecule has 1 saturated heterocycles. The van der Waals surface area contributed by atoms with E-state index in [-0.39, 0.29) is 18.1 Å². The molecule has 2 rings (SSSR count). The van der Waals surface area contributed by atoms with Crippen LogP contribution in [0, 0.1) is 5.92 Å². The Bertz CT molecular complexity index is 558. The number of amides is 1. The minimum Gasteiger partial charge on any atom is -0.444 e. The van der Waals surface area contributed by atoms with Gasteiger partial charge < -0.3 is 15.4 Å². The van der Waals surface area contributed by atoms with E-state index >= 15 is 0 Å². The number of carbonyl (C=O) groups is 1. The lowest BCUT2D eigenvalue weighted by molar-refractivity contribution is 0.0286. The van der Waals surface area contributed by atoms with E-state index in [1.54, 1.807) is 23.1 Å². The molecule has 1 aliphatic rings. The molecule has 0 radical (unpaired) electrons. The Labute approximate surface area is 141 Å². The fraction of sp³-hybridized carbons (Fsp3) is 0.562. The van der Waals surface area contributed by atoms with E-state index in [0.717, 1.165) is 12.0 Å². The fourth-order valence-corrected chi connectivity index (χ4v) is 3.02. The Kier molecular flexibility index (Phi) is 5.25. The van der Waals surface area contributed by atoms with Crippen molar-refractivity contribution in [1.29, 1.82) is 0 Å². The van der Waals surface area contributed by atoms with Gasteiger partial charge in [-0.1, -0.05) is 23.2 Å². The lowest BCUT2D eigenvalue weighted by Crippen LogP contribution is -2.36. The van der Waals surface area contributed by atoms with Crippen LogP contribution in [0.3, 0.4) is 0 Å². The molecule has 1 fully saturated rings. The summed E-state index contributed by atoms with van der Waals surface area (Å²) < 4.78 is 5.40. The molecule has 4 nitrogen and oxygen atoms in total. The monoisotopic (exact) mass is 344 g/mol. The maximum atomic E-state index is 12.1. The SMILES string of the molecule is CC(C)(C)OC(=O)N1CCC(C(N)c2cc(Cl)ccc2Cl)C1. The molecular formula is C16H22Cl2N2O2. The van der Waals surface area contributed by atoms with Gasteiger partial charge in [0.15, 0.2) is 0 Å². The van der Waals surface area contributed by atoms with E-state index in [9.17, 15) is 4.79 Å². The first-order valence-electron chi connectivity index (χ1n) is 7.36. The van der Waals surface area contributed by atoms with Gasteiger partial charge >= 0.3 is 6.09 Å². The van der Waals surface area contributed by atoms with Crippen LogP contribution in [0.4, 0.5) is 4.79 Å². The average molecular weight is 345 g/mol. The molecule has 1 aliphatic heterocycles. The molecule has 2 unspecified atom stereocenters. The molecule has 1 amide bonds. The van der Waals surface area contributed by atoms with Gasteiger partial charge in [-0.05, 0) is 56.9 Å². The van der Waals surface area contributed by atoms with Crippen LogP contribution < -0.4 is 5.73 Å². The number of rotatable bonds is 2. The molecule has 2 atom stereocenters. The summed E-state index contributed by atoms with van der Waals surface area (Å²) >= 11 is 12.2. The Morgan fingerprint density at radius 2 is 2.09 bits per heavy atom. The Morgan fingerprint density at radius 1 is 1.41 bits per heavy atom. The highest BCUT2D eigenvalue weighted by molar-refractivity contribution is 6.33. The van der Waals surface area contributed by atoms with Gasteiger partial charge in [0.1, 0.15) is 5.60 Å². The van der Waals surface area contributed by atoms with Gasteiger partial charge in [0.05, 0.1) is 0 Å². The molecular weight excluding hydrogens is 323 g/mol. The van der Waals surface area contributed by atoms with Crippen LogP contribution in [0.2, 0.25) is 10.0 Å². The predicted octanol–water partition coefficient (Wildman–Crippen LogP) is 4.25. The van der Waals surface area contributed by atoms with Gasteiger partial charge in [-0.2, -0.15) is 0 Å². The second-order valence-corrected chi connectivity index (χ2v) is 7.51. The van der Waals surface area contributed by atoms with Crippen LogP contribution >= 0.6 is 23.2 Å². The zero-order valence-electron chi connectivity index (χ0n) is 13.1. The molecule has 6 heteroatoms. The van der Waals surface area contributed by atoms with Crippen LogP contribution in [0.1, 0.15) is 38.8 Å². The lowest BCUT2D eigenvalue weighted by atomic mass is 9.93. The van der Waals surface area contributed by atoms with Gasteiger partial charge in [-0.3, -0.25) is 0 Å². The van der Waals surface area contributed by atoms with Crippen molar-refractivity contribution in [3.63, 3.8) is 0 Å². The maximum Gasteiger partial charge on any atom is 0.410 e. The molecule has 122 valence electrons. The van der Waals surface area contributed by atoms with E-state index in [1.165, 1.54) is 0 Å². The number of likely N-dealkylation sites (tertiary alicyclic amines) is 1. The highest BCUT2D eigenvalue weighted by Crippen LogP contribution is 2.34. The highest BCUT2D eigenvalue weighted by Gasteiger charge is 2.33. The molecule has 22 heavy (non-hydrogen) atoms. The van der Waals surface area contributed by atoms with E-state index in [4.69, 9.17) is 33.7 Å². The second-order valence-electron chi connectivity index (χ2n) is 6.67.